The quantitative estimate of drug-likeness (QED) is 0.488. The predicted molar refractivity (Wildman–Crippen MR) is 46.7 cm³/mol. The molecule has 0 aliphatic heterocycles. The first kappa shape index (κ1) is 10.8. The molecule has 0 rings (SSSR count). The second-order valence-corrected chi connectivity index (χ2v) is 2.31. The van der Waals surface area contributed by atoms with Crippen molar-refractivity contribution < 1.29 is 14.6 Å². The highest BCUT2D eigenvalue weighted by molar-refractivity contribution is 5.73. The van der Waals surface area contributed by atoms with E-state index in [0.29, 0.717) is 18.8 Å². The van der Waals surface area contributed by atoms with Crippen molar-refractivity contribution in [3.63, 3.8) is 0 Å². The molecule has 0 heterocycles. The van der Waals surface area contributed by atoms with Crippen LogP contribution in [0.25, 0.3) is 0 Å². The van der Waals surface area contributed by atoms with Crippen LogP contribution in [0.4, 0.5) is 0 Å². The number of carbonyl (C=O) groups is 1. The SMILES string of the molecule is C=CCC(C(=C)OCC)C(=O)O. The van der Waals surface area contributed by atoms with Crippen LogP contribution in [-0.4, -0.2) is 17.7 Å². The molecule has 0 saturated carbocycles. The highest BCUT2D eigenvalue weighted by Gasteiger charge is 2.20. The van der Waals surface area contributed by atoms with Crippen molar-refractivity contribution in [1.82, 2.24) is 0 Å². The van der Waals surface area contributed by atoms with Gasteiger partial charge in [0.15, 0.2) is 0 Å². The fourth-order valence-electron chi connectivity index (χ4n) is 0.823. The van der Waals surface area contributed by atoms with E-state index in [1.807, 2.05) is 0 Å². The predicted octanol–water partition coefficient (Wildman–Crippen LogP) is 1.81. The third-order valence-electron chi connectivity index (χ3n) is 1.42. The molecule has 0 radical (unpaired) electrons. The van der Waals surface area contributed by atoms with Crippen LogP contribution in [0.5, 0.6) is 0 Å². The van der Waals surface area contributed by atoms with Gasteiger partial charge in [-0.15, -0.1) is 6.58 Å². The number of rotatable bonds is 6. The molecule has 0 aliphatic rings. The molecule has 12 heavy (non-hydrogen) atoms. The molecule has 3 nitrogen and oxygen atoms in total. The molecule has 0 aromatic carbocycles. The van der Waals surface area contributed by atoms with E-state index < -0.39 is 11.9 Å². The molecule has 0 aliphatic carbocycles. The molecule has 0 amide bonds. The summed E-state index contributed by atoms with van der Waals surface area (Å²) in [6.07, 6.45) is 1.90. The lowest BCUT2D eigenvalue weighted by molar-refractivity contribution is -0.141. The lowest BCUT2D eigenvalue weighted by Gasteiger charge is -2.13. The number of hydrogen-bond donors (Lipinski definition) is 1. The summed E-state index contributed by atoms with van der Waals surface area (Å²) in [6.45, 7) is 9.23. The van der Waals surface area contributed by atoms with Crippen molar-refractivity contribution >= 4 is 5.97 Å². The minimum atomic E-state index is -0.923. The summed E-state index contributed by atoms with van der Waals surface area (Å²) < 4.78 is 4.99. The van der Waals surface area contributed by atoms with Crippen molar-refractivity contribution in [3.05, 3.63) is 25.0 Å². The molecule has 0 saturated heterocycles. The van der Waals surface area contributed by atoms with E-state index in [9.17, 15) is 4.79 Å². The second kappa shape index (κ2) is 5.41. The Morgan fingerprint density at radius 2 is 2.33 bits per heavy atom. The van der Waals surface area contributed by atoms with E-state index in [4.69, 9.17) is 9.84 Å². The maximum atomic E-state index is 10.6. The van der Waals surface area contributed by atoms with Crippen LogP contribution in [0.1, 0.15) is 13.3 Å². The van der Waals surface area contributed by atoms with Crippen molar-refractivity contribution in [3.8, 4) is 0 Å². The Morgan fingerprint density at radius 1 is 1.75 bits per heavy atom. The monoisotopic (exact) mass is 170 g/mol. The van der Waals surface area contributed by atoms with Crippen LogP contribution in [0.15, 0.2) is 25.0 Å². The van der Waals surface area contributed by atoms with Gasteiger partial charge in [-0.2, -0.15) is 0 Å². The summed E-state index contributed by atoms with van der Waals surface area (Å²) in [5, 5.41) is 8.71. The minimum absolute atomic E-state index is 0.296. The zero-order valence-corrected chi connectivity index (χ0v) is 7.25. The third kappa shape index (κ3) is 3.23. The number of allylic oxidation sites excluding steroid dienone is 1. The molecule has 0 bridgehead atoms. The Balaban J connectivity index is 4.18. The number of ether oxygens (including phenoxy) is 1. The van der Waals surface area contributed by atoms with Gasteiger partial charge in [0, 0.05) is 0 Å². The zero-order chi connectivity index (χ0) is 9.56. The molecule has 1 N–H and O–H groups in total. The first-order valence-electron chi connectivity index (χ1n) is 3.78. The Labute approximate surface area is 72.3 Å². The molecular formula is C9H14O3. The van der Waals surface area contributed by atoms with Crippen LogP contribution in [-0.2, 0) is 9.53 Å². The summed E-state index contributed by atoms with van der Waals surface area (Å²) in [5.74, 6) is -1.29. The van der Waals surface area contributed by atoms with Gasteiger partial charge in [0.05, 0.1) is 6.61 Å². The summed E-state index contributed by atoms with van der Waals surface area (Å²) in [5.41, 5.74) is 0. The molecule has 0 spiro atoms. The average molecular weight is 170 g/mol. The van der Waals surface area contributed by atoms with E-state index in [1.54, 1.807) is 13.0 Å². The van der Waals surface area contributed by atoms with Gasteiger partial charge in [0.25, 0.3) is 0 Å². The van der Waals surface area contributed by atoms with Gasteiger partial charge >= 0.3 is 5.97 Å². The first-order chi connectivity index (χ1) is 5.63. The van der Waals surface area contributed by atoms with Crippen LogP contribution in [0.2, 0.25) is 0 Å². The fourth-order valence-corrected chi connectivity index (χ4v) is 0.823. The van der Waals surface area contributed by atoms with Crippen LogP contribution in [0.3, 0.4) is 0 Å². The zero-order valence-electron chi connectivity index (χ0n) is 7.25. The number of carboxylic acid groups (broad SMARTS) is 1. The highest BCUT2D eigenvalue weighted by Crippen LogP contribution is 2.15. The number of hydrogen-bond acceptors (Lipinski definition) is 2. The Hall–Kier alpha value is -1.25. The Morgan fingerprint density at radius 3 is 2.67 bits per heavy atom. The fraction of sp³-hybridized carbons (Fsp3) is 0.444. The van der Waals surface area contributed by atoms with Gasteiger partial charge in [-0.25, -0.2) is 0 Å². The molecule has 1 unspecified atom stereocenters. The van der Waals surface area contributed by atoms with E-state index in [2.05, 4.69) is 13.2 Å². The van der Waals surface area contributed by atoms with E-state index in [1.165, 1.54) is 0 Å². The minimum Gasteiger partial charge on any atom is -0.498 e. The van der Waals surface area contributed by atoms with Gasteiger partial charge in [0.2, 0.25) is 0 Å². The van der Waals surface area contributed by atoms with Gasteiger partial charge in [0.1, 0.15) is 11.7 Å². The van der Waals surface area contributed by atoms with Gasteiger partial charge in [-0.3, -0.25) is 4.79 Å². The maximum Gasteiger partial charge on any atom is 0.314 e. The number of carboxylic acids is 1. The van der Waals surface area contributed by atoms with Crippen molar-refractivity contribution in [2.75, 3.05) is 6.61 Å². The van der Waals surface area contributed by atoms with Crippen molar-refractivity contribution in [2.45, 2.75) is 13.3 Å². The average Bonchev–Trinajstić information content (AvgIpc) is 1.99. The Bertz CT molecular complexity index is 184. The lowest BCUT2D eigenvalue weighted by atomic mass is 10.0. The normalized spacial score (nSPS) is 11.8. The van der Waals surface area contributed by atoms with E-state index in [-0.39, 0.29) is 0 Å². The van der Waals surface area contributed by atoms with Crippen LogP contribution < -0.4 is 0 Å². The summed E-state index contributed by atoms with van der Waals surface area (Å²) >= 11 is 0. The second-order valence-electron chi connectivity index (χ2n) is 2.31. The van der Waals surface area contributed by atoms with Crippen molar-refractivity contribution in [1.29, 1.82) is 0 Å². The molecule has 0 aromatic heterocycles. The summed E-state index contributed by atoms with van der Waals surface area (Å²) in [7, 11) is 0. The van der Waals surface area contributed by atoms with Gasteiger partial charge in [-0.05, 0) is 13.3 Å². The highest BCUT2D eigenvalue weighted by atomic mass is 16.5. The third-order valence-corrected chi connectivity index (χ3v) is 1.42. The molecule has 1 atom stereocenters. The first-order valence-corrected chi connectivity index (χ1v) is 3.78. The summed E-state index contributed by atoms with van der Waals surface area (Å²) in [4.78, 5) is 10.6. The molecule has 0 aromatic rings. The largest absolute Gasteiger partial charge is 0.498 e. The lowest BCUT2D eigenvalue weighted by Crippen LogP contribution is -2.16. The smallest absolute Gasteiger partial charge is 0.314 e. The molecule has 68 valence electrons. The topological polar surface area (TPSA) is 46.5 Å². The number of aliphatic carboxylic acids is 1. The molecule has 3 heteroatoms. The van der Waals surface area contributed by atoms with E-state index in [0.717, 1.165) is 0 Å². The molecular weight excluding hydrogens is 156 g/mol. The maximum absolute atomic E-state index is 10.6. The van der Waals surface area contributed by atoms with E-state index >= 15 is 0 Å². The van der Waals surface area contributed by atoms with Crippen molar-refractivity contribution in [2.24, 2.45) is 5.92 Å². The van der Waals surface area contributed by atoms with Crippen LogP contribution in [0, 0.1) is 5.92 Å². The standard InChI is InChI=1S/C9H14O3/c1-4-6-8(9(10)11)7(3)12-5-2/h4,8H,1,3,5-6H2,2H3,(H,10,11). The molecule has 0 fully saturated rings. The summed E-state index contributed by atoms with van der Waals surface area (Å²) in [6, 6.07) is 0. The van der Waals surface area contributed by atoms with Gasteiger partial charge in [-0.1, -0.05) is 12.7 Å². The Kier molecular flexibility index (Phi) is 4.84. The van der Waals surface area contributed by atoms with Gasteiger partial charge < -0.3 is 9.84 Å². The van der Waals surface area contributed by atoms with Crippen LogP contribution >= 0.6 is 0 Å².